The summed E-state index contributed by atoms with van der Waals surface area (Å²) in [4.78, 5) is 27.0. The van der Waals surface area contributed by atoms with Crippen LogP contribution in [-0.4, -0.2) is 17.6 Å². The molecule has 2 aromatic carbocycles. The van der Waals surface area contributed by atoms with Crippen molar-refractivity contribution in [2.24, 2.45) is 11.3 Å². The molecule has 0 unspecified atom stereocenters. The van der Waals surface area contributed by atoms with Crippen molar-refractivity contribution >= 4 is 35.0 Å². The predicted octanol–water partition coefficient (Wildman–Crippen LogP) is 6.43. The Hall–Kier alpha value is -2.27. The quantitative estimate of drug-likeness (QED) is 0.542. The minimum Gasteiger partial charge on any atom is -0.326 e. The number of carbonyl (C=O) groups is 2. The fourth-order valence-corrected chi connectivity index (χ4v) is 5.52. The SMILES string of the molecule is CCc1ccccc1N1C(=O)CS[C@@H]1c1ccc(NC(=O)C[C@@H](C)CC(C)(C)C)cc1. The van der Waals surface area contributed by atoms with E-state index in [4.69, 9.17) is 0 Å². The Morgan fingerprint density at radius 3 is 2.48 bits per heavy atom. The molecule has 5 heteroatoms. The Morgan fingerprint density at radius 2 is 1.84 bits per heavy atom. The van der Waals surface area contributed by atoms with Gasteiger partial charge in [0.2, 0.25) is 11.8 Å². The molecular formula is C26H34N2O2S. The molecule has 31 heavy (non-hydrogen) atoms. The number of aryl methyl sites for hydroxylation is 1. The molecular weight excluding hydrogens is 404 g/mol. The van der Waals surface area contributed by atoms with Crippen LogP contribution in [0.5, 0.6) is 0 Å². The van der Waals surface area contributed by atoms with Gasteiger partial charge in [0.25, 0.3) is 0 Å². The number of hydrogen-bond donors (Lipinski definition) is 1. The maximum Gasteiger partial charge on any atom is 0.238 e. The van der Waals surface area contributed by atoms with Gasteiger partial charge >= 0.3 is 0 Å². The maximum absolute atomic E-state index is 12.7. The monoisotopic (exact) mass is 438 g/mol. The van der Waals surface area contributed by atoms with Gasteiger partial charge in [0.1, 0.15) is 5.37 Å². The summed E-state index contributed by atoms with van der Waals surface area (Å²) in [5.74, 6) is 1.01. The molecule has 0 spiro atoms. The number of anilines is 2. The lowest BCUT2D eigenvalue weighted by atomic mass is 9.84. The van der Waals surface area contributed by atoms with Crippen molar-refractivity contribution in [1.82, 2.24) is 0 Å². The number of carbonyl (C=O) groups excluding carboxylic acids is 2. The van der Waals surface area contributed by atoms with Crippen LogP contribution in [0.25, 0.3) is 0 Å². The Labute approximate surface area is 190 Å². The molecule has 0 saturated carbocycles. The summed E-state index contributed by atoms with van der Waals surface area (Å²) in [6.45, 7) is 10.8. The van der Waals surface area contributed by atoms with Crippen molar-refractivity contribution in [2.45, 2.75) is 59.3 Å². The van der Waals surface area contributed by atoms with Gasteiger partial charge in [0, 0.05) is 17.8 Å². The highest BCUT2D eigenvalue weighted by molar-refractivity contribution is 8.00. The van der Waals surface area contributed by atoms with E-state index in [1.165, 1.54) is 5.56 Å². The molecule has 0 aromatic heterocycles. The Bertz CT molecular complexity index is 918. The zero-order valence-electron chi connectivity index (χ0n) is 19.3. The largest absolute Gasteiger partial charge is 0.326 e. The summed E-state index contributed by atoms with van der Waals surface area (Å²) in [5.41, 5.74) is 4.26. The molecule has 1 aliphatic heterocycles. The van der Waals surface area contributed by atoms with Crippen molar-refractivity contribution in [2.75, 3.05) is 16.0 Å². The van der Waals surface area contributed by atoms with Crippen molar-refractivity contribution in [3.8, 4) is 0 Å². The fraction of sp³-hybridized carbons (Fsp3) is 0.462. The summed E-state index contributed by atoms with van der Waals surface area (Å²) in [5, 5.41) is 2.98. The van der Waals surface area contributed by atoms with Gasteiger partial charge in [-0.3, -0.25) is 14.5 Å². The van der Waals surface area contributed by atoms with Crippen LogP contribution in [-0.2, 0) is 16.0 Å². The van der Waals surface area contributed by atoms with Crippen LogP contribution in [0.3, 0.4) is 0 Å². The van der Waals surface area contributed by atoms with E-state index in [0.717, 1.165) is 29.8 Å². The van der Waals surface area contributed by atoms with Crippen LogP contribution in [0, 0.1) is 11.3 Å². The molecule has 2 atom stereocenters. The molecule has 0 bridgehead atoms. The normalized spacial score (nSPS) is 17.6. The molecule has 166 valence electrons. The van der Waals surface area contributed by atoms with Gasteiger partial charge in [0.05, 0.1) is 5.75 Å². The molecule has 2 amide bonds. The molecule has 1 fully saturated rings. The average molecular weight is 439 g/mol. The zero-order chi connectivity index (χ0) is 22.6. The van der Waals surface area contributed by atoms with E-state index in [9.17, 15) is 9.59 Å². The molecule has 1 N–H and O–H groups in total. The lowest BCUT2D eigenvalue weighted by molar-refractivity contribution is -0.117. The first-order valence-electron chi connectivity index (χ1n) is 11.1. The molecule has 3 rings (SSSR count). The number of para-hydroxylation sites is 1. The minimum atomic E-state index is -0.0447. The first-order valence-corrected chi connectivity index (χ1v) is 12.1. The molecule has 1 heterocycles. The third kappa shape index (κ3) is 6.13. The standard InChI is InChI=1S/C26H34N2O2S/c1-6-19-9-7-8-10-22(19)28-24(30)17-31-25(28)20-11-13-21(14-12-20)27-23(29)15-18(2)16-26(3,4)5/h7-14,18,25H,6,15-17H2,1-5H3,(H,27,29)/t18-,25-/m1/s1. The summed E-state index contributed by atoms with van der Waals surface area (Å²) in [6, 6.07) is 16.0. The second-order valence-electron chi connectivity index (χ2n) is 9.65. The first kappa shape index (κ1) is 23.4. The predicted molar refractivity (Wildman–Crippen MR) is 131 cm³/mol. The van der Waals surface area contributed by atoms with Gasteiger partial charge in [0.15, 0.2) is 0 Å². The zero-order valence-corrected chi connectivity index (χ0v) is 20.1. The van der Waals surface area contributed by atoms with E-state index in [1.54, 1.807) is 11.8 Å². The number of amides is 2. The molecule has 0 aliphatic carbocycles. The third-order valence-corrected chi connectivity index (χ3v) is 6.69. The Balaban J connectivity index is 1.69. The molecule has 0 radical (unpaired) electrons. The molecule has 1 aliphatic rings. The number of thioether (sulfide) groups is 1. The van der Waals surface area contributed by atoms with Crippen molar-refractivity contribution in [3.63, 3.8) is 0 Å². The second kappa shape index (κ2) is 9.90. The van der Waals surface area contributed by atoms with Crippen LogP contribution in [0.2, 0.25) is 0 Å². The van der Waals surface area contributed by atoms with Crippen molar-refractivity contribution in [1.29, 1.82) is 0 Å². The van der Waals surface area contributed by atoms with Gasteiger partial charge in [-0.2, -0.15) is 0 Å². The van der Waals surface area contributed by atoms with Crippen LogP contribution in [0.15, 0.2) is 48.5 Å². The Kier molecular flexibility index (Phi) is 7.47. The van der Waals surface area contributed by atoms with Gasteiger partial charge in [-0.1, -0.05) is 65.0 Å². The van der Waals surface area contributed by atoms with E-state index >= 15 is 0 Å². The highest BCUT2D eigenvalue weighted by atomic mass is 32.2. The number of nitrogens with zero attached hydrogens (tertiary/aromatic N) is 1. The average Bonchev–Trinajstić information content (AvgIpc) is 3.08. The van der Waals surface area contributed by atoms with Crippen LogP contribution in [0.4, 0.5) is 11.4 Å². The highest BCUT2D eigenvalue weighted by Crippen LogP contribution is 2.43. The van der Waals surface area contributed by atoms with E-state index in [0.29, 0.717) is 18.1 Å². The van der Waals surface area contributed by atoms with Gasteiger partial charge < -0.3 is 5.32 Å². The van der Waals surface area contributed by atoms with E-state index in [-0.39, 0.29) is 22.6 Å². The van der Waals surface area contributed by atoms with E-state index < -0.39 is 0 Å². The first-order chi connectivity index (χ1) is 14.7. The summed E-state index contributed by atoms with van der Waals surface area (Å²) >= 11 is 1.65. The summed E-state index contributed by atoms with van der Waals surface area (Å²) in [7, 11) is 0. The minimum absolute atomic E-state index is 0.0447. The number of hydrogen-bond acceptors (Lipinski definition) is 3. The maximum atomic E-state index is 12.7. The van der Waals surface area contributed by atoms with Crippen LogP contribution >= 0.6 is 11.8 Å². The third-order valence-electron chi connectivity index (χ3n) is 5.47. The number of rotatable bonds is 7. The van der Waals surface area contributed by atoms with Gasteiger partial charge in [-0.25, -0.2) is 0 Å². The Morgan fingerprint density at radius 1 is 1.16 bits per heavy atom. The smallest absolute Gasteiger partial charge is 0.238 e. The van der Waals surface area contributed by atoms with Crippen LogP contribution in [0.1, 0.15) is 64.0 Å². The van der Waals surface area contributed by atoms with Crippen molar-refractivity contribution < 1.29 is 9.59 Å². The summed E-state index contributed by atoms with van der Waals surface area (Å²) in [6.07, 6.45) is 2.42. The lowest BCUT2D eigenvalue weighted by Crippen LogP contribution is -2.28. The van der Waals surface area contributed by atoms with Gasteiger partial charge in [-0.05, 0) is 53.5 Å². The number of nitrogens with one attached hydrogen (secondary N) is 1. The highest BCUT2D eigenvalue weighted by Gasteiger charge is 2.34. The topological polar surface area (TPSA) is 49.4 Å². The number of benzene rings is 2. The van der Waals surface area contributed by atoms with E-state index in [2.05, 4.69) is 46.0 Å². The van der Waals surface area contributed by atoms with E-state index in [1.807, 2.05) is 47.4 Å². The fourth-order valence-electron chi connectivity index (χ4n) is 4.35. The van der Waals surface area contributed by atoms with Crippen LogP contribution < -0.4 is 10.2 Å². The second-order valence-corrected chi connectivity index (χ2v) is 10.7. The molecule has 4 nitrogen and oxygen atoms in total. The lowest BCUT2D eigenvalue weighted by Gasteiger charge is -2.26. The molecule has 1 saturated heterocycles. The van der Waals surface area contributed by atoms with Gasteiger partial charge in [-0.15, -0.1) is 11.8 Å². The summed E-state index contributed by atoms with van der Waals surface area (Å²) < 4.78 is 0. The molecule has 2 aromatic rings. The van der Waals surface area contributed by atoms with Crippen molar-refractivity contribution in [3.05, 3.63) is 59.7 Å².